The van der Waals surface area contributed by atoms with Crippen LogP contribution in [0.15, 0.2) is 36.4 Å². The van der Waals surface area contributed by atoms with E-state index in [1.807, 2.05) is 0 Å². The maximum atomic E-state index is 13.5. The molecule has 0 aliphatic heterocycles. The number of hydrogen-bond acceptors (Lipinski definition) is 2. The van der Waals surface area contributed by atoms with Gasteiger partial charge in [0.05, 0.1) is 5.56 Å². The van der Waals surface area contributed by atoms with E-state index in [2.05, 4.69) is 0 Å². The molecule has 0 saturated carbocycles. The fourth-order valence-corrected chi connectivity index (χ4v) is 1.60. The number of carboxylic acids is 1. The van der Waals surface area contributed by atoms with E-state index in [0.717, 1.165) is 24.3 Å². The van der Waals surface area contributed by atoms with Crippen molar-refractivity contribution >= 4 is 5.97 Å². The van der Waals surface area contributed by atoms with E-state index in [4.69, 9.17) is 5.11 Å². The summed E-state index contributed by atoms with van der Waals surface area (Å²) < 4.78 is 26.3. The highest BCUT2D eigenvalue weighted by atomic mass is 19.1. The van der Waals surface area contributed by atoms with Gasteiger partial charge in [-0.3, -0.25) is 0 Å². The lowest BCUT2D eigenvalue weighted by Gasteiger charge is -2.06. The number of carbonyl (C=O) groups is 1. The van der Waals surface area contributed by atoms with E-state index in [-0.39, 0.29) is 16.9 Å². The summed E-state index contributed by atoms with van der Waals surface area (Å²) in [6.07, 6.45) is 0. The van der Waals surface area contributed by atoms with Crippen molar-refractivity contribution in [2.24, 2.45) is 0 Å². The second-order valence-electron chi connectivity index (χ2n) is 3.66. The van der Waals surface area contributed by atoms with Crippen molar-refractivity contribution in [2.45, 2.75) is 0 Å². The van der Waals surface area contributed by atoms with Gasteiger partial charge in [0.1, 0.15) is 17.4 Å². The van der Waals surface area contributed by atoms with Gasteiger partial charge in [-0.05, 0) is 29.8 Å². The SMILES string of the molecule is O=C(O)c1ccc(-c2ccc(F)cc2O)cc1F. The first-order chi connectivity index (χ1) is 8.49. The summed E-state index contributed by atoms with van der Waals surface area (Å²) in [6.45, 7) is 0. The van der Waals surface area contributed by atoms with Gasteiger partial charge in [-0.1, -0.05) is 6.07 Å². The van der Waals surface area contributed by atoms with E-state index < -0.39 is 23.2 Å². The first kappa shape index (κ1) is 12.0. The van der Waals surface area contributed by atoms with Crippen LogP contribution >= 0.6 is 0 Å². The number of aromatic hydroxyl groups is 1. The molecule has 0 amide bonds. The zero-order chi connectivity index (χ0) is 13.3. The van der Waals surface area contributed by atoms with Crippen LogP contribution in [0, 0.1) is 11.6 Å². The molecule has 0 radical (unpaired) electrons. The van der Waals surface area contributed by atoms with Gasteiger partial charge in [0.25, 0.3) is 0 Å². The number of phenolic OH excluding ortho intramolecular Hbond substituents is 1. The third-order valence-corrected chi connectivity index (χ3v) is 2.47. The Morgan fingerprint density at radius 1 is 1.06 bits per heavy atom. The van der Waals surface area contributed by atoms with Crippen molar-refractivity contribution in [2.75, 3.05) is 0 Å². The quantitative estimate of drug-likeness (QED) is 0.861. The fraction of sp³-hybridized carbons (Fsp3) is 0. The zero-order valence-corrected chi connectivity index (χ0v) is 9.02. The predicted octanol–water partition coefficient (Wildman–Crippen LogP) is 3.04. The van der Waals surface area contributed by atoms with Gasteiger partial charge in [0.2, 0.25) is 0 Å². The van der Waals surface area contributed by atoms with Gasteiger partial charge in [-0.25, -0.2) is 13.6 Å². The van der Waals surface area contributed by atoms with Crippen molar-refractivity contribution in [1.29, 1.82) is 0 Å². The number of benzene rings is 2. The van der Waals surface area contributed by atoms with E-state index in [0.29, 0.717) is 0 Å². The summed E-state index contributed by atoms with van der Waals surface area (Å²) in [5, 5.41) is 18.2. The number of aromatic carboxylic acids is 1. The van der Waals surface area contributed by atoms with Crippen LogP contribution in [0.2, 0.25) is 0 Å². The molecule has 2 aromatic carbocycles. The summed E-state index contributed by atoms with van der Waals surface area (Å²) in [7, 11) is 0. The Hall–Kier alpha value is -2.43. The molecule has 92 valence electrons. The largest absolute Gasteiger partial charge is 0.507 e. The smallest absolute Gasteiger partial charge is 0.338 e. The molecule has 3 nitrogen and oxygen atoms in total. The van der Waals surface area contributed by atoms with Gasteiger partial charge in [0, 0.05) is 11.6 Å². The zero-order valence-electron chi connectivity index (χ0n) is 9.02. The molecule has 0 unspecified atom stereocenters. The second kappa shape index (κ2) is 4.44. The summed E-state index contributed by atoms with van der Waals surface area (Å²) in [6, 6.07) is 6.74. The molecule has 0 heterocycles. The highest BCUT2D eigenvalue weighted by Gasteiger charge is 2.13. The maximum Gasteiger partial charge on any atom is 0.338 e. The predicted molar refractivity (Wildman–Crippen MR) is 60.4 cm³/mol. The average molecular weight is 250 g/mol. The van der Waals surface area contributed by atoms with Crippen LogP contribution in [0.4, 0.5) is 8.78 Å². The number of carboxylic acid groups (broad SMARTS) is 1. The molecule has 2 rings (SSSR count). The van der Waals surface area contributed by atoms with Crippen molar-refractivity contribution in [1.82, 2.24) is 0 Å². The first-order valence-corrected chi connectivity index (χ1v) is 5.01. The summed E-state index contributed by atoms with van der Waals surface area (Å²) in [5.41, 5.74) is 0.0441. The summed E-state index contributed by atoms with van der Waals surface area (Å²) in [4.78, 5) is 10.6. The number of hydrogen-bond donors (Lipinski definition) is 2. The lowest BCUT2D eigenvalue weighted by Crippen LogP contribution is -2.00. The monoisotopic (exact) mass is 250 g/mol. The van der Waals surface area contributed by atoms with Crippen molar-refractivity contribution in [3.05, 3.63) is 53.6 Å². The minimum atomic E-state index is -1.37. The minimum absolute atomic E-state index is 0.229. The van der Waals surface area contributed by atoms with Crippen molar-refractivity contribution in [3.8, 4) is 16.9 Å². The molecule has 0 atom stereocenters. The molecule has 5 heteroatoms. The highest BCUT2D eigenvalue weighted by Crippen LogP contribution is 2.30. The average Bonchev–Trinajstić information content (AvgIpc) is 2.28. The molecule has 0 bridgehead atoms. The Morgan fingerprint density at radius 2 is 1.78 bits per heavy atom. The topological polar surface area (TPSA) is 57.5 Å². The van der Waals surface area contributed by atoms with Crippen LogP contribution in [-0.2, 0) is 0 Å². The van der Waals surface area contributed by atoms with Crippen LogP contribution in [0.5, 0.6) is 5.75 Å². The standard InChI is InChI=1S/C13H8F2O3/c14-8-2-4-9(12(16)6-8)7-1-3-10(13(17)18)11(15)5-7/h1-6,16H,(H,17,18). The van der Waals surface area contributed by atoms with Gasteiger partial charge < -0.3 is 10.2 Å². The van der Waals surface area contributed by atoms with Crippen molar-refractivity contribution < 1.29 is 23.8 Å². The van der Waals surface area contributed by atoms with Crippen LogP contribution in [-0.4, -0.2) is 16.2 Å². The molecule has 18 heavy (non-hydrogen) atoms. The lowest BCUT2D eigenvalue weighted by atomic mass is 10.0. The molecular weight excluding hydrogens is 242 g/mol. The van der Waals surface area contributed by atoms with Crippen LogP contribution < -0.4 is 0 Å². The van der Waals surface area contributed by atoms with Gasteiger partial charge in [-0.15, -0.1) is 0 Å². The van der Waals surface area contributed by atoms with Crippen LogP contribution in [0.3, 0.4) is 0 Å². The van der Waals surface area contributed by atoms with Gasteiger partial charge in [-0.2, -0.15) is 0 Å². The number of phenols is 1. The number of rotatable bonds is 2. The molecule has 0 aromatic heterocycles. The maximum absolute atomic E-state index is 13.5. The second-order valence-corrected chi connectivity index (χ2v) is 3.66. The highest BCUT2D eigenvalue weighted by molar-refractivity contribution is 5.89. The minimum Gasteiger partial charge on any atom is -0.507 e. The lowest BCUT2D eigenvalue weighted by molar-refractivity contribution is 0.0692. The summed E-state index contributed by atoms with van der Waals surface area (Å²) >= 11 is 0. The molecule has 0 aliphatic rings. The molecule has 0 fully saturated rings. The summed E-state index contributed by atoms with van der Waals surface area (Å²) in [5.74, 6) is -3.23. The van der Waals surface area contributed by atoms with Gasteiger partial charge >= 0.3 is 5.97 Å². The first-order valence-electron chi connectivity index (χ1n) is 5.01. The molecule has 2 aromatic rings. The van der Waals surface area contributed by atoms with Crippen LogP contribution in [0.25, 0.3) is 11.1 Å². The molecule has 0 spiro atoms. The Bertz CT molecular complexity index is 624. The number of halogens is 2. The van der Waals surface area contributed by atoms with E-state index >= 15 is 0 Å². The van der Waals surface area contributed by atoms with Gasteiger partial charge in [0.15, 0.2) is 0 Å². The molecule has 2 N–H and O–H groups in total. The third kappa shape index (κ3) is 2.15. The molecular formula is C13H8F2O3. The molecule has 0 saturated heterocycles. The van der Waals surface area contributed by atoms with Crippen LogP contribution in [0.1, 0.15) is 10.4 Å². The van der Waals surface area contributed by atoms with E-state index in [9.17, 15) is 18.7 Å². The Balaban J connectivity index is 2.52. The Labute approximate surface area is 101 Å². The Morgan fingerprint density at radius 3 is 2.33 bits per heavy atom. The Kier molecular flexibility index (Phi) is 2.97. The normalized spacial score (nSPS) is 10.3. The fourth-order valence-electron chi connectivity index (χ4n) is 1.60. The molecule has 0 aliphatic carbocycles. The third-order valence-electron chi connectivity index (χ3n) is 2.47. The van der Waals surface area contributed by atoms with E-state index in [1.54, 1.807) is 0 Å². The van der Waals surface area contributed by atoms with E-state index in [1.165, 1.54) is 12.1 Å². The van der Waals surface area contributed by atoms with Crippen molar-refractivity contribution in [3.63, 3.8) is 0 Å².